The molecule has 0 aliphatic carbocycles. The first kappa shape index (κ1) is 18.0. The highest BCUT2D eigenvalue weighted by Crippen LogP contribution is 2.37. The van der Waals surface area contributed by atoms with Gasteiger partial charge in [0.25, 0.3) is 0 Å². The van der Waals surface area contributed by atoms with E-state index < -0.39 is 0 Å². The zero-order chi connectivity index (χ0) is 16.3. The molecular formula is C19H33NO. The molecule has 0 amide bonds. The second kappa shape index (κ2) is 6.83. The van der Waals surface area contributed by atoms with Gasteiger partial charge < -0.3 is 10.5 Å². The maximum absolute atomic E-state index is 5.99. The number of hydrogen-bond acceptors (Lipinski definition) is 2. The van der Waals surface area contributed by atoms with Crippen molar-refractivity contribution in [1.82, 2.24) is 0 Å². The molecule has 2 nitrogen and oxygen atoms in total. The minimum atomic E-state index is 0.144. The third-order valence-electron chi connectivity index (χ3n) is 3.66. The van der Waals surface area contributed by atoms with E-state index in [4.69, 9.17) is 10.5 Å². The van der Waals surface area contributed by atoms with Gasteiger partial charge in [-0.3, -0.25) is 0 Å². The Hall–Kier alpha value is -1.02. The van der Waals surface area contributed by atoms with E-state index >= 15 is 0 Å². The quantitative estimate of drug-likeness (QED) is 0.825. The van der Waals surface area contributed by atoms with Crippen molar-refractivity contribution >= 4 is 0 Å². The maximum Gasteiger partial charge on any atom is 0.122 e. The first-order chi connectivity index (χ1) is 9.55. The highest BCUT2D eigenvalue weighted by atomic mass is 16.5. The minimum absolute atomic E-state index is 0.144. The van der Waals surface area contributed by atoms with Crippen LogP contribution in [0.4, 0.5) is 0 Å². The Bertz CT molecular complexity index is 455. The monoisotopic (exact) mass is 291 g/mol. The van der Waals surface area contributed by atoms with Crippen LogP contribution in [0.1, 0.15) is 66.0 Å². The SMILES string of the molecule is CCOc1ccc(C(C)(C)CC(C)(C)C)cc1CC(C)N. The molecule has 1 unspecified atom stereocenters. The molecule has 0 radical (unpaired) electrons. The molecule has 0 aliphatic heterocycles. The summed E-state index contributed by atoms with van der Waals surface area (Å²) in [5, 5.41) is 0. The summed E-state index contributed by atoms with van der Waals surface area (Å²) in [6.07, 6.45) is 2.00. The molecule has 0 bridgehead atoms. The number of hydrogen-bond donors (Lipinski definition) is 1. The smallest absolute Gasteiger partial charge is 0.122 e. The molecule has 0 heterocycles. The van der Waals surface area contributed by atoms with Gasteiger partial charge in [-0.2, -0.15) is 0 Å². The summed E-state index contributed by atoms with van der Waals surface area (Å²) in [4.78, 5) is 0. The summed E-state index contributed by atoms with van der Waals surface area (Å²) >= 11 is 0. The summed E-state index contributed by atoms with van der Waals surface area (Å²) in [6, 6.07) is 6.76. The molecule has 1 rings (SSSR count). The predicted octanol–water partition coefficient (Wildman–Crippen LogP) is 4.69. The van der Waals surface area contributed by atoms with Gasteiger partial charge in [0.2, 0.25) is 0 Å². The largest absolute Gasteiger partial charge is 0.494 e. The molecule has 1 aromatic rings. The van der Waals surface area contributed by atoms with E-state index in [1.54, 1.807) is 0 Å². The van der Waals surface area contributed by atoms with Gasteiger partial charge in [0, 0.05) is 6.04 Å². The molecule has 2 heteroatoms. The van der Waals surface area contributed by atoms with Crippen molar-refractivity contribution in [2.75, 3.05) is 6.61 Å². The molecule has 1 atom stereocenters. The fourth-order valence-corrected chi connectivity index (χ4v) is 3.23. The number of rotatable bonds is 6. The molecule has 0 fully saturated rings. The van der Waals surface area contributed by atoms with Crippen LogP contribution in [-0.4, -0.2) is 12.6 Å². The number of benzene rings is 1. The highest BCUT2D eigenvalue weighted by molar-refractivity contribution is 5.40. The van der Waals surface area contributed by atoms with Gasteiger partial charge in [-0.25, -0.2) is 0 Å². The molecular weight excluding hydrogens is 258 g/mol. The lowest BCUT2D eigenvalue weighted by Gasteiger charge is -2.33. The Labute approximate surface area is 131 Å². The summed E-state index contributed by atoms with van der Waals surface area (Å²) in [5.41, 5.74) is 9.05. The van der Waals surface area contributed by atoms with Gasteiger partial charge >= 0.3 is 0 Å². The Morgan fingerprint density at radius 2 is 1.76 bits per heavy atom. The van der Waals surface area contributed by atoms with Crippen molar-refractivity contribution in [2.45, 2.75) is 72.8 Å². The number of ether oxygens (including phenoxy) is 1. The summed E-state index contributed by atoms with van der Waals surface area (Å²) in [6.45, 7) is 16.3. The van der Waals surface area contributed by atoms with E-state index in [0.717, 1.165) is 18.6 Å². The van der Waals surface area contributed by atoms with Crippen LogP contribution < -0.4 is 10.5 Å². The first-order valence-corrected chi connectivity index (χ1v) is 8.07. The fraction of sp³-hybridized carbons (Fsp3) is 0.684. The average Bonchev–Trinajstić information content (AvgIpc) is 2.27. The number of nitrogens with two attached hydrogens (primary N) is 1. The topological polar surface area (TPSA) is 35.2 Å². The van der Waals surface area contributed by atoms with E-state index in [-0.39, 0.29) is 11.5 Å². The average molecular weight is 291 g/mol. The second-order valence-corrected chi connectivity index (χ2v) is 8.06. The van der Waals surface area contributed by atoms with E-state index in [1.807, 2.05) is 13.8 Å². The first-order valence-electron chi connectivity index (χ1n) is 8.07. The molecule has 0 aromatic heterocycles. The van der Waals surface area contributed by atoms with Crippen LogP contribution in [0, 0.1) is 5.41 Å². The van der Waals surface area contributed by atoms with Crippen molar-refractivity contribution < 1.29 is 4.74 Å². The van der Waals surface area contributed by atoms with Crippen LogP contribution in [0.15, 0.2) is 18.2 Å². The lowest BCUT2D eigenvalue weighted by molar-refractivity contribution is 0.283. The standard InChI is InChI=1S/C19H33NO/c1-8-21-17-10-9-16(12-15(17)11-14(2)20)19(6,7)13-18(3,4)5/h9-10,12,14H,8,11,13,20H2,1-7H3. The van der Waals surface area contributed by atoms with E-state index in [2.05, 4.69) is 52.8 Å². The van der Waals surface area contributed by atoms with E-state index in [1.165, 1.54) is 11.1 Å². The zero-order valence-corrected chi connectivity index (χ0v) is 14.9. The van der Waals surface area contributed by atoms with Crippen molar-refractivity contribution in [2.24, 2.45) is 11.1 Å². The zero-order valence-electron chi connectivity index (χ0n) is 14.9. The summed E-state index contributed by atoms with van der Waals surface area (Å²) in [5.74, 6) is 0.977. The summed E-state index contributed by atoms with van der Waals surface area (Å²) in [7, 11) is 0. The predicted molar refractivity (Wildman–Crippen MR) is 92.1 cm³/mol. The van der Waals surface area contributed by atoms with Gasteiger partial charge in [-0.1, -0.05) is 46.8 Å². The Morgan fingerprint density at radius 1 is 1.14 bits per heavy atom. The van der Waals surface area contributed by atoms with Gasteiger partial charge in [-0.05, 0) is 54.7 Å². The van der Waals surface area contributed by atoms with Crippen LogP contribution in [-0.2, 0) is 11.8 Å². The van der Waals surface area contributed by atoms with Gasteiger partial charge in [-0.15, -0.1) is 0 Å². The fourth-order valence-electron chi connectivity index (χ4n) is 3.23. The molecule has 1 aromatic carbocycles. The van der Waals surface area contributed by atoms with Crippen molar-refractivity contribution in [3.05, 3.63) is 29.3 Å². The lowest BCUT2D eigenvalue weighted by atomic mass is 9.72. The molecule has 0 aliphatic rings. The van der Waals surface area contributed by atoms with Crippen LogP contribution in [0.2, 0.25) is 0 Å². The van der Waals surface area contributed by atoms with Crippen molar-refractivity contribution in [1.29, 1.82) is 0 Å². The third-order valence-corrected chi connectivity index (χ3v) is 3.66. The Morgan fingerprint density at radius 3 is 2.24 bits per heavy atom. The molecule has 0 saturated carbocycles. The lowest BCUT2D eigenvalue weighted by Crippen LogP contribution is -2.25. The van der Waals surface area contributed by atoms with E-state index in [9.17, 15) is 0 Å². The highest BCUT2D eigenvalue weighted by Gasteiger charge is 2.27. The minimum Gasteiger partial charge on any atom is -0.494 e. The molecule has 0 spiro atoms. The molecule has 21 heavy (non-hydrogen) atoms. The van der Waals surface area contributed by atoms with Crippen LogP contribution >= 0.6 is 0 Å². The molecule has 2 N–H and O–H groups in total. The summed E-state index contributed by atoms with van der Waals surface area (Å²) < 4.78 is 5.75. The maximum atomic E-state index is 5.99. The van der Waals surface area contributed by atoms with Gasteiger partial charge in [0.05, 0.1) is 6.61 Å². The molecule has 0 saturated heterocycles. The Kier molecular flexibility index (Phi) is 5.86. The second-order valence-electron chi connectivity index (χ2n) is 8.06. The van der Waals surface area contributed by atoms with Crippen molar-refractivity contribution in [3.8, 4) is 5.75 Å². The molecule has 120 valence electrons. The van der Waals surface area contributed by atoms with Crippen molar-refractivity contribution in [3.63, 3.8) is 0 Å². The van der Waals surface area contributed by atoms with Crippen LogP contribution in [0.5, 0.6) is 5.75 Å². The van der Waals surface area contributed by atoms with Crippen LogP contribution in [0.25, 0.3) is 0 Å². The van der Waals surface area contributed by atoms with Crippen LogP contribution in [0.3, 0.4) is 0 Å². The van der Waals surface area contributed by atoms with Gasteiger partial charge in [0.15, 0.2) is 0 Å². The third kappa shape index (κ3) is 5.70. The van der Waals surface area contributed by atoms with E-state index in [0.29, 0.717) is 12.0 Å². The Balaban J connectivity index is 3.14. The normalized spacial score (nSPS) is 14.1. The van der Waals surface area contributed by atoms with Gasteiger partial charge in [0.1, 0.15) is 5.75 Å².